The summed E-state index contributed by atoms with van der Waals surface area (Å²) >= 11 is 0. The van der Waals surface area contributed by atoms with Crippen LogP contribution in [0.2, 0.25) is 0 Å². The van der Waals surface area contributed by atoms with E-state index >= 15 is 0 Å². The maximum atomic E-state index is 12.5. The predicted molar refractivity (Wildman–Crippen MR) is 63.0 cm³/mol. The molecule has 1 fully saturated rings. The number of nitrogens with zero attached hydrogens (tertiary/aromatic N) is 1. The summed E-state index contributed by atoms with van der Waals surface area (Å²) in [6, 6.07) is 0.698. The maximum absolute atomic E-state index is 12.5. The van der Waals surface area contributed by atoms with Crippen molar-refractivity contribution in [3.05, 3.63) is 0 Å². The van der Waals surface area contributed by atoms with Crippen molar-refractivity contribution < 1.29 is 8.78 Å². The first-order chi connectivity index (χ1) is 7.67. The fraction of sp³-hybridized carbons (Fsp3) is 1.00. The summed E-state index contributed by atoms with van der Waals surface area (Å²) < 4.78 is 25.0. The Morgan fingerprint density at radius 1 is 1.25 bits per heavy atom. The maximum Gasteiger partial charge on any atom is 0.251 e. The first-order valence-corrected chi connectivity index (χ1v) is 6.42. The van der Waals surface area contributed by atoms with Crippen LogP contribution in [0.15, 0.2) is 0 Å². The summed E-state index contributed by atoms with van der Waals surface area (Å²) in [5.74, 6) is 0. The normalized spacial score (nSPS) is 27.6. The van der Waals surface area contributed by atoms with Crippen molar-refractivity contribution in [1.82, 2.24) is 10.2 Å². The minimum atomic E-state index is -2.21. The Morgan fingerprint density at radius 3 is 2.50 bits per heavy atom. The lowest BCUT2D eigenvalue weighted by Crippen LogP contribution is -2.57. The van der Waals surface area contributed by atoms with E-state index in [4.69, 9.17) is 0 Å². The highest BCUT2D eigenvalue weighted by molar-refractivity contribution is 4.86. The molecule has 96 valence electrons. The second kappa shape index (κ2) is 7.17. The van der Waals surface area contributed by atoms with Crippen molar-refractivity contribution in [3.63, 3.8) is 0 Å². The molecule has 1 aliphatic heterocycles. The first kappa shape index (κ1) is 13.8. The van der Waals surface area contributed by atoms with Crippen molar-refractivity contribution in [2.75, 3.05) is 19.6 Å². The molecule has 0 aliphatic carbocycles. The van der Waals surface area contributed by atoms with E-state index in [-0.39, 0.29) is 6.54 Å². The molecule has 1 N–H and O–H groups in total. The van der Waals surface area contributed by atoms with Gasteiger partial charge in [-0.3, -0.25) is 4.90 Å². The molecule has 1 aliphatic rings. The van der Waals surface area contributed by atoms with Gasteiger partial charge in [0, 0.05) is 25.2 Å². The van der Waals surface area contributed by atoms with E-state index in [0.29, 0.717) is 12.1 Å². The molecule has 1 rings (SSSR count). The molecule has 0 aromatic rings. The molecule has 0 radical (unpaired) electrons. The third kappa shape index (κ3) is 4.34. The molecule has 1 saturated heterocycles. The van der Waals surface area contributed by atoms with Crippen LogP contribution < -0.4 is 5.32 Å². The van der Waals surface area contributed by atoms with Crippen LogP contribution >= 0.6 is 0 Å². The summed E-state index contributed by atoms with van der Waals surface area (Å²) in [4.78, 5) is 1.98. The minimum Gasteiger partial charge on any atom is -0.311 e. The molecule has 2 atom stereocenters. The number of hydrogen-bond donors (Lipinski definition) is 1. The van der Waals surface area contributed by atoms with E-state index < -0.39 is 6.43 Å². The van der Waals surface area contributed by atoms with Gasteiger partial charge in [0.2, 0.25) is 0 Å². The Hall–Kier alpha value is -0.220. The van der Waals surface area contributed by atoms with Gasteiger partial charge >= 0.3 is 0 Å². The molecule has 2 unspecified atom stereocenters. The van der Waals surface area contributed by atoms with Gasteiger partial charge in [-0.1, -0.05) is 26.7 Å². The van der Waals surface area contributed by atoms with Crippen molar-refractivity contribution >= 4 is 0 Å². The molecule has 16 heavy (non-hydrogen) atoms. The van der Waals surface area contributed by atoms with Gasteiger partial charge in [-0.15, -0.1) is 0 Å². The van der Waals surface area contributed by atoms with Crippen LogP contribution in [0.25, 0.3) is 0 Å². The molecule has 0 aromatic carbocycles. The van der Waals surface area contributed by atoms with Crippen LogP contribution in [0.1, 0.15) is 39.5 Å². The van der Waals surface area contributed by atoms with Gasteiger partial charge in [-0.2, -0.15) is 0 Å². The summed E-state index contributed by atoms with van der Waals surface area (Å²) in [7, 11) is 0. The molecule has 2 nitrogen and oxygen atoms in total. The van der Waals surface area contributed by atoms with E-state index in [2.05, 4.69) is 19.2 Å². The van der Waals surface area contributed by atoms with Crippen LogP contribution in [0, 0.1) is 0 Å². The van der Waals surface area contributed by atoms with E-state index in [1.54, 1.807) is 0 Å². The minimum absolute atomic E-state index is 0.0629. The molecular formula is C12H24F2N2. The zero-order valence-corrected chi connectivity index (χ0v) is 10.4. The van der Waals surface area contributed by atoms with E-state index in [1.807, 2.05) is 4.90 Å². The lowest BCUT2D eigenvalue weighted by Gasteiger charge is -2.40. The Morgan fingerprint density at radius 2 is 1.94 bits per heavy atom. The van der Waals surface area contributed by atoms with Crippen molar-refractivity contribution in [2.24, 2.45) is 0 Å². The number of halogens is 2. The average molecular weight is 234 g/mol. The van der Waals surface area contributed by atoms with E-state index in [9.17, 15) is 8.78 Å². The topological polar surface area (TPSA) is 15.3 Å². The Balaban J connectivity index is 2.47. The van der Waals surface area contributed by atoms with Crippen LogP contribution in [-0.2, 0) is 0 Å². The average Bonchev–Trinajstić information content (AvgIpc) is 2.22. The number of alkyl halides is 2. The highest BCUT2D eigenvalue weighted by atomic mass is 19.3. The zero-order valence-electron chi connectivity index (χ0n) is 10.4. The Labute approximate surface area is 97.4 Å². The number of rotatable bonds is 6. The monoisotopic (exact) mass is 234 g/mol. The summed E-state index contributed by atoms with van der Waals surface area (Å²) in [5.41, 5.74) is 0. The lowest BCUT2D eigenvalue weighted by molar-refractivity contribution is 0.0390. The van der Waals surface area contributed by atoms with Gasteiger partial charge in [0.15, 0.2) is 0 Å². The summed E-state index contributed by atoms with van der Waals surface area (Å²) in [6.45, 7) is 5.83. The number of piperazine rings is 1. The smallest absolute Gasteiger partial charge is 0.251 e. The van der Waals surface area contributed by atoms with Gasteiger partial charge in [0.25, 0.3) is 6.43 Å². The molecule has 0 amide bonds. The van der Waals surface area contributed by atoms with Crippen LogP contribution in [0.4, 0.5) is 8.78 Å². The molecule has 0 aromatic heterocycles. The van der Waals surface area contributed by atoms with Gasteiger partial charge < -0.3 is 5.32 Å². The third-order valence-corrected chi connectivity index (χ3v) is 3.25. The Bertz CT molecular complexity index is 188. The largest absolute Gasteiger partial charge is 0.311 e. The lowest BCUT2D eigenvalue weighted by atomic mass is 10.0. The molecule has 4 heteroatoms. The summed E-state index contributed by atoms with van der Waals surface area (Å²) in [6.07, 6.45) is 2.06. The quantitative estimate of drug-likeness (QED) is 0.759. The van der Waals surface area contributed by atoms with Crippen LogP contribution in [0.5, 0.6) is 0 Å². The van der Waals surface area contributed by atoms with Crippen molar-refractivity contribution in [1.29, 1.82) is 0 Å². The highest BCUT2D eigenvalue weighted by Gasteiger charge is 2.28. The second-order valence-corrected chi connectivity index (χ2v) is 4.68. The molecule has 0 spiro atoms. The molecule has 1 heterocycles. The molecule has 0 bridgehead atoms. The molecular weight excluding hydrogens is 210 g/mol. The fourth-order valence-electron chi connectivity index (χ4n) is 2.49. The predicted octanol–water partition coefficient (Wildman–Crippen LogP) is 2.49. The standard InChI is InChI=1S/C12H24F2N2/c1-3-5-10-8-16(9-12(13)14)11(6-4-2)7-15-10/h10-12,15H,3-9H2,1-2H3. The van der Waals surface area contributed by atoms with Crippen molar-refractivity contribution in [2.45, 2.75) is 58.0 Å². The SMILES string of the molecule is CCCC1CN(CC(F)F)C(CCC)CN1. The molecule has 0 saturated carbocycles. The van der Waals surface area contributed by atoms with Gasteiger partial charge in [-0.05, 0) is 12.8 Å². The van der Waals surface area contributed by atoms with Crippen LogP contribution in [0.3, 0.4) is 0 Å². The zero-order chi connectivity index (χ0) is 12.0. The van der Waals surface area contributed by atoms with Crippen LogP contribution in [-0.4, -0.2) is 43.0 Å². The Kier molecular flexibility index (Phi) is 6.21. The van der Waals surface area contributed by atoms with E-state index in [1.165, 1.54) is 0 Å². The second-order valence-electron chi connectivity index (χ2n) is 4.68. The highest BCUT2D eigenvalue weighted by Crippen LogP contribution is 2.16. The van der Waals surface area contributed by atoms with Gasteiger partial charge in [0.1, 0.15) is 0 Å². The van der Waals surface area contributed by atoms with Crippen molar-refractivity contribution in [3.8, 4) is 0 Å². The third-order valence-electron chi connectivity index (χ3n) is 3.25. The summed E-state index contributed by atoms with van der Waals surface area (Å²) in [5, 5.41) is 3.47. The fourth-order valence-corrected chi connectivity index (χ4v) is 2.49. The van der Waals surface area contributed by atoms with E-state index in [0.717, 1.165) is 38.8 Å². The number of nitrogens with one attached hydrogen (secondary N) is 1. The van der Waals surface area contributed by atoms with Gasteiger partial charge in [0.05, 0.1) is 6.54 Å². The first-order valence-electron chi connectivity index (χ1n) is 6.42. The number of hydrogen-bond acceptors (Lipinski definition) is 2. The van der Waals surface area contributed by atoms with Gasteiger partial charge in [-0.25, -0.2) is 8.78 Å².